The Morgan fingerprint density at radius 3 is 2.29 bits per heavy atom. The van der Waals surface area contributed by atoms with E-state index in [2.05, 4.69) is 4.98 Å². The van der Waals surface area contributed by atoms with E-state index in [0.717, 1.165) is 17.2 Å². The van der Waals surface area contributed by atoms with Crippen LogP contribution in [-0.2, 0) is 0 Å². The third kappa shape index (κ3) is 3.12. The van der Waals surface area contributed by atoms with Gasteiger partial charge in [-0.25, -0.2) is 13.6 Å². The molecule has 1 heterocycles. The van der Waals surface area contributed by atoms with Gasteiger partial charge in [-0.15, -0.1) is 0 Å². The van der Waals surface area contributed by atoms with E-state index in [1.807, 2.05) is 0 Å². The zero-order valence-electron chi connectivity index (χ0n) is 9.82. The van der Waals surface area contributed by atoms with Gasteiger partial charge in [-0.2, -0.15) is 0 Å². The van der Waals surface area contributed by atoms with Crippen molar-refractivity contribution in [3.63, 3.8) is 0 Å². The predicted octanol–water partition coefficient (Wildman–Crippen LogP) is 3.30. The lowest BCUT2D eigenvalue weighted by Crippen LogP contribution is -2.45. The van der Waals surface area contributed by atoms with Gasteiger partial charge in [0.15, 0.2) is 0 Å². The average Bonchev–Trinajstić information content (AvgIpc) is 2.15. The molecule has 4 nitrogen and oxygen atoms in total. The molecule has 0 aliphatic rings. The maximum atomic E-state index is 12.3. The van der Waals surface area contributed by atoms with E-state index in [1.165, 1.54) is 6.07 Å². The van der Waals surface area contributed by atoms with Gasteiger partial charge in [0.2, 0.25) is 0 Å². The van der Waals surface area contributed by atoms with E-state index < -0.39 is 18.1 Å². The fourth-order valence-corrected chi connectivity index (χ4v) is 1.44. The molecule has 0 unspecified atom stereocenters. The molecule has 0 spiro atoms. The highest BCUT2D eigenvalue weighted by Crippen LogP contribution is 2.25. The van der Waals surface area contributed by atoms with Crippen molar-refractivity contribution in [1.29, 1.82) is 0 Å². The first-order chi connectivity index (χ1) is 7.73. The highest BCUT2D eigenvalue weighted by Gasteiger charge is 2.28. The molecule has 0 aliphatic heterocycles. The molecule has 1 amide bonds. The van der Waals surface area contributed by atoms with Crippen LogP contribution in [0.1, 0.15) is 32.9 Å². The molecule has 17 heavy (non-hydrogen) atoms. The van der Waals surface area contributed by atoms with Crippen LogP contribution >= 0.6 is 0 Å². The Morgan fingerprint density at radius 1 is 1.41 bits per heavy atom. The summed E-state index contributed by atoms with van der Waals surface area (Å²) in [4.78, 5) is 15.7. The molecular weight excluding hydrogens is 230 g/mol. The quantitative estimate of drug-likeness (QED) is 0.868. The van der Waals surface area contributed by atoms with E-state index in [4.69, 9.17) is 5.11 Å². The van der Waals surface area contributed by atoms with Gasteiger partial charge in [-0.1, -0.05) is 0 Å². The minimum absolute atomic E-state index is 0.273. The number of hydrogen-bond donors (Lipinski definition) is 1. The van der Waals surface area contributed by atoms with Gasteiger partial charge in [0.25, 0.3) is 6.43 Å². The van der Waals surface area contributed by atoms with Crippen LogP contribution in [-0.4, -0.2) is 21.7 Å². The van der Waals surface area contributed by atoms with Crippen LogP contribution in [0.3, 0.4) is 0 Å². The van der Waals surface area contributed by atoms with Crippen molar-refractivity contribution >= 4 is 11.8 Å². The molecule has 6 heteroatoms. The Kier molecular flexibility index (Phi) is 3.65. The molecule has 1 aromatic heterocycles. The normalized spacial score (nSPS) is 11.6. The van der Waals surface area contributed by atoms with Crippen molar-refractivity contribution in [2.75, 3.05) is 4.90 Å². The number of pyridine rings is 1. The summed E-state index contributed by atoms with van der Waals surface area (Å²) in [6.07, 6.45) is -2.66. The Hall–Kier alpha value is -1.72. The highest BCUT2D eigenvalue weighted by molar-refractivity contribution is 5.87. The summed E-state index contributed by atoms with van der Waals surface area (Å²) >= 11 is 0. The van der Waals surface area contributed by atoms with Crippen LogP contribution in [0.15, 0.2) is 18.3 Å². The molecule has 0 saturated heterocycles. The van der Waals surface area contributed by atoms with Crippen molar-refractivity contribution < 1.29 is 18.7 Å². The summed E-state index contributed by atoms with van der Waals surface area (Å²) in [5.41, 5.74) is -0.762. The van der Waals surface area contributed by atoms with Crippen molar-refractivity contribution in [3.05, 3.63) is 24.0 Å². The fourth-order valence-electron chi connectivity index (χ4n) is 1.44. The van der Waals surface area contributed by atoms with Gasteiger partial charge in [0.1, 0.15) is 5.69 Å². The molecule has 94 valence electrons. The number of carbonyl (C=O) groups is 1. The van der Waals surface area contributed by atoms with Gasteiger partial charge in [0.05, 0.1) is 11.9 Å². The lowest BCUT2D eigenvalue weighted by atomic mass is 10.1. The van der Waals surface area contributed by atoms with E-state index in [9.17, 15) is 13.6 Å². The molecule has 0 bridgehead atoms. The number of nitrogens with zero attached hydrogens (tertiary/aromatic N) is 2. The first kappa shape index (κ1) is 13.3. The molecule has 1 aromatic rings. The average molecular weight is 244 g/mol. The first-order valence-electron chi connectivity index (χ1n) is 5.00. The lowest BCUT2D eigenvalue weighted by Gasteiger charge is -2.32. The number of amides is 1. The summed E-state index contributed by atoms with van der Waals surface area (Å²) in [5.74, 6) is 0. The van der Waals surface area contributed by atoms with E-state index in [-0.39, 0.29) is 11.4 Å². The molecule has 0 aromatic carbocycles. The molecule has 1 N–H and O–H groups in total. The number of halogens is 2. The van der Waals surface area contributed by atoms with E-state index in [0.29, 0.717) is 0 Å². The summed E-state index contributed by atoms with van der Waals surface area (Å²) in [7, 11) is 0. The standard InChI is InChI=1S/C11H14F2N2O2/c1-11(2,3)15(10(16)17)7-4-5-8(9(12)13)14-6-7/h4-6,9H,1-3H3,(H,16,17). The van der Waals surface area contributed by atoms with Gasteiger partial charge >= 0.3 is 6.09 Å². The van der Waals surface area contributed by atoms with Crippen LogP contribution in [0, 0.1) is 0 Å². The first-order valence-corrected chi connectivity index (χ1v) is 5.00. The maximum absolute atomic E-state index is 12.3. The number of alkyl halides is 2. The van der Waals surface area contributed by atoms with Crippen molar-refractivity contribution in [1.82, 2.24) is 4.98 Å². The number of aromatic nitrogens is 1. The third-order valence-electron chi connectivity index (χ3n) is 2.11. The maximum Gasteiger partial charge on any atom is 0.412 e. The van der Waals surface area contributed by atoms with Crippen molar-refractivity contribution in [3.8, 4) is 0 Å². The van der Waals surface area contributed by atoms with Crippen LogP contribution in [0.5, 0.6) is 0 Å². The molecule has 0 radical (unpaired) electrons. The molecule has 1 rings (SSSR count). The Labute approximate surface area is 97.9 Å². The molecule has 0 fully saturated rings. The topological polar surface area (TPSA) is 53.4 Å². The Bertz CT molecular complexity index is 399. The van der Waals surface area contributed by atoms with Crippen LogP contribution in [0.2, 0.25) is 0 Å². The van der Waals surface area contributed by atoms with Crippen molar-refractivity contribution in [2.24, 2.45) is 0 Å². The SMILES string of the molecule is CC(C)(C)N(C(=O)O)c1ccc(C(F)F)nc1. The number of carboxylic acid groups (broad SMARTS) is 1. The molecule has 0 saturated carbocycles. The van der Waals surface area contributed by atoms with Crippen LogP contribution in [0.4, 0.5) is 19.3 Å². The summed E-state index contributed by atoms with van der Waals surface area (Å²) < 4.78 is 24.6. The van der Waals surface area contributed by atoms with Gasteiger partial charge in [-0.05, 0) is 32.9 Å². The zero-order chi connectivity index (χ0) is 13.2. The summed E-state index contributed by atoms with van der Waals surface area (Å²) in [5, 5.41) is 9.09. The van der Waals surface area contributed by atoms with E-state index >= 15 is 0 Å². The van der Waals surface area contributed by atoms with Crippen LogP contribution < -0.4 is 4.90 Å². The second-order valence-corrected chi connectivity index (χ2v) is 4.53. The second kappa shape index (κ2) is 4.65. The van der Waals surface area contributed by atoms with E-state index in [1.54, 1.807) is 20.8 Å². The minimum Gasteiger partial charge on any atom is -0.465 e. The Balaban J connectivity index is 3.09. The third-order valence-corrected chi connectivity index (χ3v) is 2.11. The smallest absolute Gasteiger partial charge is 0.412 e. The number of anilines is 1. The lowest BCUT2D eigenvalue weighted by molar-refractivity contribution is 0.146. The highest BCUT2D eigenvalue weighted by atomic mass is 19.3. The van der Waals surface area contributed by atoms with Gasteiger partial charge in [0, 0.05) is 5.54 Å². The second-order valence-electron chi connectivity index (χ2n) is 4.53. The fraction of sp³-hybridized carbons (Fsp3) is 0.455. The number of hydrogen-bond acceptors (Lipinski definition) is 2. The summed E-state index contributed by atoms with van der Waals surface area (Å²) in [6.45, 7) is 5.13. The Morgan fingerprint density at radius 2 is 2.00 bits per heavy atom. The molecule has 0 atom stereocenters. The number of rotatable bonds is 2. The minimum atomic E-state index is -2.66. The molecular formula is C11H14F2N2O2. The largest absolute Gasteiger partial charge is 0.465 e. The van der Waals surface area contributed by atoms with Crippen LogP contribution in [0.25, 0.3) is 0 Å². The molecule has 0 aliphatic carbocycles. The summed E-state index contributed by atoms with van der Waals surface area (Å²) in [6, 6.07) is 2.45. The monoisotopic (exact) mass is 244 g/mol. The zero-order valence-corrected chi connectivity index (χ0v) is 9.82. The predicted molar refractivity (Wildman–Crippen MR) is 59.5 cm³/mol. The van der Waals surface area contributed by atoms with Gasteiger partial charge in [-0.3, -0.25) is 9.88 Å². The van der Waals surface area contributed by atoms with Gasteiger partial charge < -0.3 is 5.11 Å². The van der Waals surface area contributed by atoms with Crippen molar-refractivity contribution in [2.45, 2.75) is 32.7 Å².